The molecule has 0 spiro atoms. The van der Waals surface area contributed by atoms with E-state index in [1.54, 1.807) is 18.2 Å². The standard InChI is InChI=1S/C19H17FN2O5S/c1-11(21-18-15-5-3-4-6-16(15)28(25,26)22-18)19(24)27-12(2)17(23)13-7-9-14(20)10-8-13/h3-12H,1-2H3,(H,21,22)/t11-,12-/m0/s1. The maximum atomic E-state index is 13.0. The van der Waals surface area contributed by atoms with Gasteiger partial charge >= 0.3 is 5.97 Å². The third kappa shape index (κ3) is 3.94. The van der Waals surface area contributed by atoms with Crippen LogP contribution in [0.1, 0.15) is 29.8 Å². The molecule has 1 aliphatic rings. The first-order valence-corrected chi connectivity index (χ1v) is 9.87. The number of esters is 1. The molecule has 0 bridgehead atoms. The monoisotopic (exact) mass is 404 g/mol. The van der Waals surface area contributed by atoms with E-state index >= 15 is 0 Å². The maximum Gasteiger partial charge on any atom is 0.331 e. The van der Waals surface area contributed by atoms with Crippen LogP contribution in [-0.4, -0.2) is 38.2 Å². The summed E-state index contributed by atoms with van der Waals surface area (Å²) in [5.74, 6) is -1.72. The van der Waals surface area contributed by atoms with E-state index < -0.39 is 39.7 Å². The van der Waals surface area contributed by atoms with Crippen LogP contribution >= 0.6 is 0 Å². The molecule has 1 aliphatic heterocycles. The minimum absolute atomic E-state index is 0.0394. The third-order valence-electron chi connectivity index (χ3n) is 4.12. The predicted molar refractivity (Wildman–Crippen MR) is 99.0 cm³/mol. The van der Waals surface area contributed by atoms with Crippen molar-refractivity contribution in [2.45, 2.75) is 30.9 Å². The number of aliphatic imine (C=N–C) groups is 1. The lowest BCUT2D eigenvalue weighted by molar-refractivity contribution is -0.147. The number of benzene rings is 2. The van der Waals surface area contributed by atoms with Gasteiger partial charge in [-0.2, -0.15) is 0 Å². The van der Waals surface area contributed by atoms with Gasteiger partial charge in [0.1, 0.15) is 17.7 Å². The van der Waals surface area contributed by atoms with Crippen molar-refractivity contribution in [1.29, 1.82) is 0 Å². The van der Waals surface area contributed by atoms with E-state index in [0.717, 1.165) is 12.1 Å². The smallest absolute Gasteiger partial charge is 0.331 e. The van der Waals surface area contributed by atoms with Gasteiger partial charge in [-0.25, -0.2) is 17.6 Å². The van der Waals surface area contributed by atoms with Gasteiger partial charge in [-0.05, 0) is 50.2 Å². The summed E-state index contributed by atoms with van der Waals surface area (Å²) in [6.07, 6.45) is -1.10. The molecule has 2 atom stereocenters. The average Bonchev–Trinajstić information content (AvgIpc) is 2.92. The van der Waals surface area contributed by atoms with Crippen molar-refractivity contribution in [3.05, 3.63) is 65.5 Å². The molecule has 9 heteroatoms. The summed E-state index contributed by atoms with van der Waals surface area (Å²) in [5.41, 5.74) is 0.565. The van der Waals surface area contributed by atoms with Crippen LogP contribution in [0.4, 0.5) is 4.39 Å². The molecule has 28 heavy (non-hydrogen) atoms. The lowest BCUT2D eigenvalue weighted by atomic mass is 10.1. The fourth-order valence-electron chi connectivity index (χ4n) is 2.65. The molecular weight excluding hydrogens is 387 g/mol. The zero-order valence-corrected chi connectivity index (χ0v) is 15.9. The topological polar surface area (TPSA) is 102 Å². The second-order valence-corrected chi connectivity index (χ2v) is 7.86. The number of carbonyl (C=O) groups is 2. The molecule has 2 aromatic rings. The highest BCUT2D eigenvalue weighted by Gasteiger charge is 2.31. The summed E-state index contributed by atoms with van der Waals surface area (Å²) in [6, 6.07) is 10.1. The van der Waals surface area contributed by atoms with Gasteiger partial charge in [0.2, 0.25) is 5.78 Å². The summed E-state index contributed by atoms with van der Waals surface area (Å²) in [6.45, 7) is 2.83. The molecule has 7 nitrogen and oxygen atoms in total. The number of rotatable bonds is 5. The molecule has 0 fully saturated rings. The number of nitrogens with zero attached hydrogens (tertiary/aromatic N) is 1. The van der Waals surface area contributed by atoms with E-state index in [0.29, 0.717) is 5.56 Å². The number of ether oxygens (including phenoxy) is 1. The number of hydrogen-bond donors (Lipinski definition) is 1. The zero-order chi connectivity index (χ0) is 20.5. The van der Waals surface area contributed by atoms with Gasteiger partial charge < -0.3 is 4.74 Å². The fourth-order valence-corrected chi connectivity index (χ4v) is 3.89. The molecule has 0 radical (unpaired) electrons. The van der Waals surface area contributed by atoms with Crippen LogP contribution in [-0.2, 0) is 19.6 Å². The zero-order valence-electron chi connectivity index (χ0n) is 15.0. The van der Waals surface area contributed by atoms with Crippen LogP contribution in [0.15, 0.2) is 58.4 Å². The van der Waals surface area contributed by atoms with Gasteiger partial charge in [-0.1, -0.05) is 12.1 Å². The Kier molecular flexibility index (Phi) is 5.28. The Balaban J connectivity index is 1.72. The van der Waals surface area contributed by atoms with Crippen LogP contribution < -0.4 is 4.72 Å². The maximum absolute atomic E-state index is 13.0. The molecule has 2 aromatic carbocycles. The number of sulfonamides is 1. The average molecular weight is 404 g/mol. The van der Waals surface area contributed by atoms with E-state index in [1.165, 1.54) is 32.0 Å². The number of Topliss-reactive ketones (excluding diaryl/α,β-unsaturated/α-hetero) is 1. The number of carbonyl (C=O) groups excluding carboxylic acids is 2. The third-order valence-corrected chi connectivity index (χ3v) is 5.51. The first-order chi connectivity index (χ1) is 13.2. The molecule has 1 heterocycles. The molecule has 0 amide bonds. The van der Waals surface area contributed by atoms with Crippen molar-refractivity contribution in [3.8, 4) is 0 Å². The summed E-state index contributed by atoms with van der Waals surface area (Å²) in [5, 5.41) is 0. The van der Waals surface area contributed by atoms with Crippen molar-refractivity contribution >= 4 is 27.6 Å². The van der Waals surface area contributed by atoms with Crippen molar-refractivity contribution in [2.75, 3.05) is 0 Å². The lowest BCUT2D eigenvalue weighted by Crippen LogP contribution is -2.31. The molecule has 0 saturated heterocycles. The van der Waals surface area contributed by atoms with E-state index in [9.17, 15) is 22.4 Å². The normalized spacial score (nSPS) is 18.0. The number of halogens is 1. The first-order valence-electron chi connectivity index (χ1n) is 8.39. The predicted octanol–water partition coefficient (Wildman–Crippen LogP) is 2.07. The Labute approximate surface area is 161 Å². The first kappa shape index (κ1) is 19.7. The second kappa shape index (κ2) is 7.51. The fraction of sp³-hybridized carbons (Fsp3) is 0.211. The van der Waals surface area contributed by atoms with E-state index in [4.69, 9.17) is 4.74 Å². The Morgan fingerprint density at radius 1 is 1.07 bits per heavy atom. The molecular formula is C19H17FN2O5S. The number of nitrogens with one attached hydrogen (secondary N) is 1. The molecule has 1 N–H and O–H groups in total. The van der Waals surface area contributed by atoms with E-state index in [-0.39, 0.29) is 16.3 Å². The largest absolute Gasteiger partial charge is 0.453 e. The minimum atomic E-state index is -3.72. The molecule has 0 saturated carbocycles. The molecule has 0 unspecified atom stereocenters. The summed E-state index contributed by atoms with van der Waals surface area (Å²) in [4.78, 5) is 28.7. The highest BCUT2D eigenvalue weighted by Crippen LogP contribution is 2.22. The van der Waals surface area contributed by atoms with Crippen LogP contribution in [0.5, 0.6) is 0 Å². The van der Waals surface area contributed by atoms with Gasteiger partial charge in [0.05, 0.1) is 4.90 Å². The van der Waals surface area contributed by atoms with Gasteiger partial charge in [-0.3, -0.25) is 14.5 Å². The summed E-state index contributed by atoms with van der Waals surface area (Å²) >= 11 is 0. The molecule has 0 aromatic heterocycles. The molecule has 0 aliphatic carbocycles. The Morgan fingerprint density at radius 2 is 1.71 bits per heavy atom. The Morgan fingerprint density at radius 3 is 2.39 bits per heavy atom. The SMILES string of the molecule is C[C@H](N=C1NS(=O)(=O)c2ccccc21)C(=O)O[C@@H](C)C(=O)c1ccc(F)cc1. The number of ketones is 1. The van der Waals surface area contributed by atoms with E-state index in [2.05, 4.69) is 9.71 Å². The van der Waals surface area contributed by atoms with E-state index in [1.807, 2.05) is 0 Å². The van der Waals surface area contributed by atoms with Crippen molar-refractivity contribution < 1.29 is 27.1 Å². The van der Waals surface area contributed by atoms with Crippen LogP contribution in [0.3, 0.4) is 0 Å². The molecule has 146 valence electrons. The van der Waals surface area contributed by atoms with Gasteiger partial charge in [0, 0.05) is 11.1 Å². The molecule has 3 rings (SSSR count). The highest BCUT2D eigenvalue weighted by molar-refractivity contribution is 7.90. The van der Waals surface area contributed by atoms with Gasteiger partial charge in [0.25, 0.3) is 10.0 Å². The Hall–Kier alpha value is -3.07. The minimum Gasteiger partial charge on any atom is -0.453 e. The lowest BCUT2D eigenvalue weighted by Gasteiger charge is -2.14. The number of hydrogen-bond acceptors (Lipinski definition) is 6. The quantitative estimate of drug-likeness (QED) is 0.607. The van der Waals surface area contributed by atoms with Crippen molar-refractivity contribution in [1.82, 2.24) is 4.72 Å². The van der Waals surface area contributed by atoms with Gasteiger partial charge in [-0.15, -0.1) is 0 Å². The van der Waals surface area contributed by atoms with Crippen LogP contribution in [0.25, 0.3) is 0 Å². The Bertz CT molecular complexity index is 1060. The summed E-state index contributed by atoms with van der Waals surface area (Å²) < 4.78 is 44.6. The van der Waals surface area contributed by atoms with Crippen molar-refractivity contribution in [3.63, 3.8) is 0 Å². The van der Waals surface area contributed by atoms with Crippen molar-refractivity contribution in [2.24, 2.45) is 4.99 Å². The van der Waals surface area contributed by atoms with Crippen LogP contribution in [0.2, 0.25) is 0 Å². The second-order valence-electron chi connectivity index (χ2n) is 6.21. The van der Waals surface area contributed by atoms with Crippen LogP contribution in [0, 0.1) is 5.82 Å². The highest BCUT2D eigenvalue weighted by atomic mass is 32.2. The summed E-state index contributed by atoms with van der Waals surface area (Å²) in [7, 11) is -3.72. The van der Waals surface area contributed by atoms with Gasteiger partial charge in [0.15, 0.2) is 6.10 Å². The number of fused-ring (bicyclic) bond motifs is 1. The number of amidine groups is 1.